The zero-order valence-electron chi connectivity index (χ0n) is 9.40. The van der Waals surface area contributed by atoms with Crippen molar-refractivity contribution in [2.45, 2.75) is 19.8 Å². The monoisotopic (exact) mass is 220 g/mol. The largest absolute Gasteiger partial charge is 0.398 e. The highest BCUT2D eigenvalue weighted by molar-refractivity contribution is 5.91. The van der Waals surface area contributed by atoms with E-state index in [1.165, 1.54) is 11.6 Å². The van der Waals surface area contributed by atoms with Crippen LogP contribution in [0.25, 0.3) is 6.08 Å². The molecule has 1 amide bonds. The van der Waals surface area contributed by atoms with Crippen molar-refractivity contribution in [2.75, 3.05) is 5.73 Å². The number of para-hydroxylation sites is 1. The van der Waals surface area contributed by atoms with E-state index in [1.54, 1.807) is 6.08 Å². The standard InChI is InChI=1S/C12H16N2O2/c1-8(2)10-5-3-4-9(12(10)13)6-7-11(15)14-16/h3-8,16H,13H2,1-2H3,(H,14,15). The van der Waals surface area contributed by atoms with E-state index in [0.29, 0.717) is 11.6 Å². The molecule has 1 rings (SSSR count). The molecule has 0 aromatic heterocycles. The molecule has 0 heterocycles. The fourth-order valence-electron chi connectivity index (χ4n) is 1.45. The van der Waals surface area contributed by atoms with Crippen LogP contribution in [-0.4, -0.2) is 11.1 Å². The summed E-state index contributed by atoms with van der Waals surface area (Å²) in [6.45, 7) is 4.11. The van der Waals surface area contributed by atoms with Gasteiger partial charge in [0, 0.05) is 11.8 Å². The maximum atomic E-state index is 10.8. The van der Waals surface area contributed by atoms with E-state index in [1.807, 2.05) is 18.2 Å². The summed E-state index contributed by atoms with van der Waals surface area (Å²) >= 11 is 0. The molecule has 0 radical (unpaired) electrons. The van der Waals surface area contributed by atoms with Gasteiger partial charge in [-0.1, -0.05) is 32.0 Å². The van der Waals surface area contributed by atoms with Gasteiger partial charge in [0.2, 0.25) is 0 Å². The van der Waals surface area contributed by atoms with Crippen LogP contribution in [0.15, 0.2) is 24.3 Å². The van der Waals surface area contributed by atoms with Gasteiger partial charge in [0.15, 0.2) is 0 Å². The van der Waals surface area contributed by atoms with E-state index in [0.717, 1.165) is 11.1 Å². The molecule has 0 spiro atoms. The number of anilines is 1. The minimum Gasteiger partial charge on any atom is -0.398 e. The first-order chi connectivity index (χ1) is 7.56. The zero-order valence-corrected chi connectivity index (χ0v) is 9.40. The topological polar surface area (TPSA) is 75.3 Å². The number of hydrogen-bond donors (Lipinski definition) is 3. The molecule has 0 unspecified atom stereocenters. The molecule has 0 atom stereocenters. The molecule has 0 saturated carbocycles. The molecule has 4 N–H and O–H groups in total. The number of nitrogens with two attached hydrogens (primary N) is 1. The fraction of sp³-hybridized carbons (Fsp3) is 0.250. The zero-order chi connectivity index (χ0) is 12.1. The summed E-state index contributed by atoms with van der Waals surface area (Å²) in [4.78, 5) is 10.8. The second-order valence-corrected chi connectivity index (χ2v) is 3.81. The van der Waals surface area contributed by atoms with Crippen LogP contribution in [0.2, 0.25) is 0 Å². The van der Waals surface area contributed by atoms with Gasteiger partial charge < -0.3 is 5.73 Å². The maximum absolute atomic E-state index is 10.8. The first-order valence-electron chi connectivity index (χ1n) is 5.06. The van der Waals surface area contributed by atoms with Gasteiger partial charge in [0.1, 0.15) is 0 Å². The predicted molar refractivity (Wildman–Crippen MR) is 63.9 cm³/mol. The number of hydroxylamine groups is 1. The molecule has 1 aromatic carbocycles. The molecule has 16 heavy (non-hydrogen) atoms. The second kappa shape index (κ2) is 5.32. The summed E-state index contributed by atoms with van der Waals surface area (Å²) in [5.74, 6) is -0.241. The number of hydrogen-bond acceptors (Lipinski definition) is 3. The highest BCUT2D eigenvalue weighted by Crippen LogP contribution is 2.25. The predicted octanol–water partition coefficient (Wildman–Crippen LogP) is 1.91. The summed E-state index contributed by atoms with van der Waals surface area (Å²) < 4.78 is 0. The minimum atomic E-state index is -0.575. The number of carbonyl (C=O) groups excluding carboxylic acids is 1. The first-order valence-corrected chi connectivity index (χ1v) is 5.06. The van der Waals surface area contributed by atoms with Crippen molar-refractivity contribution in [1.82, 2.24) is 5.48 Å². The molecule has 1 aromatic rings. The van der Waals surface area contributed by atoms with Gasteiger partial charge in [-0.2, -0.15) is 0 Å². The van der Waals surface area contributed by atoms with Crippen LogP contribution in [0.4, 0.5) is 5.69 Å². The third kappa shape index (κ3) is 2.84. The minimum absolute atomic E-state index is 0.333. The smallest absolute Gasteiger partial charge is 0.267 e. The quantitative estimate of drug-likeness (QED) is 0.315. The number of nitrogens with one attached hydrogen (secondary N) is 1. The van der Waals surface area contributed by atoms with Crippen LogP contribution in [0.1, 0.15) is 30.9 Å². The highest BCUT2D eigenvalue weighted by atomic mass is 16.5. The van der Waals surface area contributed by atoms with Gasteiger partial charge in [-0.25, -0.2) is 5.48 Å². The van der Waals surface area contributed by atoms with Gasteiger partial charge in [0.05, 0.1) is 0 Å². The third-order valence-corrected chi connectivity index (χ3v) is 2.32. The third-order valence-electron chi connectivity index (χ3n) is 2.32. The van der Waals surface area contributed by atoms with E-state index in [2.05, 4.69) is 13.8 Å². The van der Waals surface area contributed by atoms with Crippen molar-refractivity contribution < 1.29 is 10.0 Å². The molecule has 4 heteroatoms. The lowest BCUT2D eigenvalue weighted by Gasteiger charge is -2.11. The Kier molecular flexibility index (Phi) is 4.08. The lowest BCUT2D eigenvalue weighted by molar-refractivity contribution is -0.124. The number of amides is 1. The van der Waals surface area contributed by atoms with Crippen LogP contribution in [0, 0.1) is 0 Å². The summed E-state index contributed by atoms with van der Waals surface area (Å²) in [6, 6.07) is 5.67. The Morgan fingerprint density at radius 1 is 1.50 bits per heavy atom. The van der Waals surface area contributed by atoms with E-state index in [4.69, 9.17) is 10.9 Å². The molecule has 4 nitrogen and oxygen atoms in total. The van der Waals surface area contributed by atoms with E-state index >= 15 is 0 Å². The number of carbonyl (C=O) groups is 1. The van der Waals surface area contributed by atoms with Crippen molar-refractivity contribution >= 4 is 17.7 Å². The van der Waals surface area contributed by atoms with Crippen LogP contribution in [0.5, 0.6) is 0 Å². The van der Waals surface area contributed by atoms with Gasteiger partial charge in [-0.3, -0.25) is 10.0 Å². The molecule has 0 aliphatic heterocycles. The van der Waals surface area contributed by atoms with Gasteiger partial charge in [0.25, 0.3) is 5.91 Å². The van der Waals surface area contributed by atoms with E-state index in [9.17, 15) is 4.79 Å². The summed E-state index contributed by atoms with van der Waals surface area (Å²) in [6.07, 6.45) is 2.81. The van der Waals surface area contributed by atoms with Gasteiger partial charge in [-0.05, 0) is 23.1 Å². The average molecular weight is 220 g/mol. The Labute approximate surface area is 94.7 Å². The fourth-order valence-corrected chi connectivity index (χ4v) is 1.45. The molecular weight excluding hydrogens is 204 g/mol. The highest BCUT2D eigenvalue weighted by Gasteiger charge is 2.06. The van der Waals surface area contributed by atoms with Crippen LogP contribution >= 0.6 is 0 Å². The Balaban J connectivity index is 3.02. The van der Waals surface area contributed by atoms with Crippen LogP contribution in [-0.2, 0) is 4.79 Å². The SMILES string of the molecule is CC(C)c1cccc(C=CC(=O)NO)c1N. The maximum Gasteiger partial charge on any atom is 0.267 e. The van der Waals surface area contributed by atoms with E-state index in [-0.39, 0.29) is 0 Å². The summed E-state index contributed by atoms with van der Waals surface area (Å²) in [5.41, 5.74) is 9.98. The molecule has 86 valence electrons. The molecule has 0 aliphatic rings. The van der Waals surface area contributed by atoms with Crippen molar-refractivity contribution in [1.29, 1.82) is 0 Å². The average Bonchev–Trinajstić information content (AvgIpc) is 2.26. The Hall–Kier alpha value is -1.81. The Bertz CT molecular complexity index is 411. The molecule has 0 fully saturated rings. The number of nitrogen functional groups attached to an aromatic ring is 1. The van der Waals surface area contributed by atoms with Crippen molar-refractivity contribution in [3.8, 4) is 0 Å². The van der Waals surface area contributed by atoms with Gasteiger partial charge in [-0.15, -0.1) is 0 Å². The van der Waals surface area contributed by atoms with Crippen molar-refractivity contribution in [2.24, 2.45) is 0 Å². The lowest BCUT2D eigenvalue weighted by Crippen LogP contribution is -2.14. The normalized spacial score (nSPS) is 11.0. The van der Waals surface area contributed by atoms with Crippen molar-refractivity contribution in [3.05, 3.63) is 35.4 Å². The molecule has 0 bridgehead atoms. The number of benzene rings is 1. The summed E-state index contributed by atoms with van der Waals surface area (Å²) in [7, 11) is 0. The molecule has 0 aliphatic carbocycles. The lowest BCUT2D eigenvalue weighted by atomic mass is 9.98. The second-order valence-electron chi connectivity index (χ2n) is 3.81. The van der Waals surface area contributed by atoms with Crippen LogP contribution < -0.4 is 11.2 Å². The number of rotatable bonds is 3. The Morgan fingerprint density at radius 3 is 2.75 bits per heavy atom. The van der Waals surface area contributed by atoms with Crippen LogP contribution in [0.3, 0.4) is 0 Å². The first kappa shape index (κ1) is 12.3. The molecular formula is C12H16N2O2. The molecule has 0 saturated heterocycles. The van der Waals surface area contributed by atoms with Crippen molar-refractivity contribution in [3.63, 3.8) is 0 Å². The van der Waals surface area contributed by atoms with E-state index < -0.39 is 5.91 Å². The van der Waals surface area contributed by atoms with Gasteiger partial charge >= 0.3 is 0 Å². The summed E-state index contributed by atoms with van der Waals surface area (Å²) in [5, 5.41) is 8.34. The Morgan fingerprint density at radius 2 is 2.19 bits per heavy atom.